The van der Waals surface area contributed by atoms with Gasteiger partial charge in [0.1, 0.15) is 16.9 Å². The monoisotopic (exact) mass is 444 g/mol. The van der Waals surface area contributed by atoms with Crippen molar-refractivity contribution in [1.82, 2.24) is 19.7 Å². The molecule has 4 aromatic rings. The summed E-state index contributed by atoms with van der Waals surface area (Å²) in [5.74, 6) is -0.100. The number of hydrogen-bond acceptors (Lipinski definition) is 4. The van der Waals surface area contributed by atoms with Crippen molar-refractivity contribution in [3.05, 3.63) is 81.5 Å². The number of aromatic amines is 1. The lowest BCUT2D eigenvalue weighted by Crippen LogP contribution is -2.18. The Balaban J connectivity index is 1.77. The van der Waals surface area contributed by atoms with Crippen LogP contribution in [0.3, 0.4) is 0 Å². The van der Waals surface area contributed by atoms with E-state index in [0.717, 1.165) is 22.6 Å². The van der Waals surface area contributed by atoms with Gasteiger partial charge < -0.3 is 9.67 Å². The maximum atomic E-state index is 12.7. The zero-order valence-corrected chi connectivity index (χ0v) is 19.3. The third-order valence-electron chi connectivity index (χ3n) is 5.61. The number of aromatic nitrogens is 4. The van der Waals surface area contributed by atoms with Gasteiger partial charge in [0.2, 0.25) is 0 Å². The minimum Gasteiger partial charge on any atom is -0.478 e. The van der Waals surface area contributed by atoms with E-state index in [1.54, 1.807) is 12.1 Å². The van der Waals surface area contributed by atoms with Crippen LogP contribution in [0, 0.1) is 5.41 Å². The highest BCUT2D eigenvalue weighted by atomic mass is 16.4. The number of carboxylic acids is 1. The molecule has 0 aliphatic rings. The minimum absolute atomic E-state index is 0.00387. The summed E-state index contributed by atoms with van der Waals surface area (Å²) in [5.41, 5.74) is 4.50. The van der Waals surface area contributed by atoms with Crippen molar-refractivity contribution in [2.24, 2.45) is 5.41 Å². The summed E-state index contributed by atoms with van der Waals surface area (Å²) in [6.45, 7) is 8.92. The summed E-state index contributed by atoms with van der Waals surface area (Å²) in [4.78, 5) is 29.2. The molecule has 2 N–H and O–H groups in total. The van der Waals surface area contributed by atoms with Crippen LogP contribution in [0.15, 0.2) is 53.3 Å². The highest BCUT2D eigenvalue weighted by molar-refractivity contribution is 5.96. The molecule has 0 saturated heterocycles. The highest BCUT2D eigenvalue weighted by Gasteiger charge is 2.22. The van der Waals surface area contributed by atoms with Crippen LogP contribution in [-0.2, 0) is 19.4 Å². The number of imidazole rings is 1. The summed E-state index contributed by atoms with van der Waals surface area (Å²) in [6, 6.07) is 14.7. The van der Waals surface area contributed by atoms with Crippen molar-refractivity contribution in [1.29, 1.82) is 0 Å². The first-order valence-corrected chi connectivity index (χ1v) is 11.1. The molecule has 7 nitrogen and oxygen atoms in total. The first-order chi connectivity index (χ1) is 15.7. The Bertz CT molecular complexity index is 1380. The lowest BCUT2D eigenvalue weighted by atomic mass is 9.92. The van der Waals surface area contributed by atoms with E-state index in [2.05, 4.69) is 31.0 Å². The van der Waals surface area contributed by atoms with E-state index >= 15 is 0 Å². The molecule has 170 valence electrons. The predicted octanol–water partition coefficient (Wildman–Crippen LogP) is 4.68. The number of hydrogen-bond donors (Lipinski definition) is 2. The normalized spacial score (nSPS) is 11.8. The van der Waals surface area contributed by atoms with Gasteiger partial charge in [-0.05, 0) is 34.6 Å². The molecular weight excluding hydrogens is 416 g/mol. The molecule has 0 amide bonds. The van der Waals surface area contributed by atoms with Crippen molar-refractivity contribution in [2.45, 2.75) is 47.1 Å². The zero-order valence-electron chi connectivity index (χ0n) is 19.3. The number of H-pyrrole nitrogens is 1. The van der Waals surface area contributed by atoms with Gasteiger partial charge in [0.05, 0.1) is 11.3 Å². The summed E-state index contributed by atoms with van der Waals surface area (Å²) < 4.78 is 1.99. The summed E-state index contributed by atoms with van der Waals surface area (Å²) in [6.07, 6.45) is 1.39. The molecule has 33 heavy (non-hydrogen) atoms. The number of carbonyl (C=O) groups is 1. The van der Waals surface area contributed by atoms with Crippen LogP contribution in [0.4, 0.5) is 0 Å². The second-order valence-corrected chi connectivity index (χ2v) is 9.45. The molecule has 4 rings (SSSR count). The number of carboxylic acid groups (broad SMARTS) is 1. The van der Waals surface area contributed by atoms with E-state index in [9.17, 15) is 14.7 Å². The third-order valence-corrected chi connectivity index (χ3v) is 5.61. The second kappa shape index (κ2) is 8.65. The molecular formula is C26H28N4O3. The highest BCUT2D eigenvalue weighted by Crippen LogP contribution is 2.27. The molecule has 0 spiro atoms. The molecule has 7 heteroatoms. The van der Waals surface area contributed by atoms with Crippen LogP contribution in [0.5, 0.6) is 0 Å². The molecule has 0 saturated carbocycles. The van der Waals surface area contributed by atoms with Crippen molar-refractivity contribution < 1.29 is 9.90 Å². The number of nitrogens with zero attached hydrogens (tertiary/aromatic N) is 3. The third kappa shape index (κ3) is 4.58. The number of benzene rings is 2. The molecule has 0 atom stereocenters. The Morgan fingerprint density at radius 3 is 2.42 bits per heavy atom. The summed E-state index contributed by atoms with van der Waals surface area (Å²) >= 11 is 0. The molecule has 0 unspecified atom stereocenters. The van der Waals surface area contributed by atoms with E-state index in [1.807, 2.05) is 47.9 Å². The average Bonchev–Trinajstić information content (AvgIpc) is 3.11. The van der Waals surface area contributed by atoms with E-state index in [0.29, 0.717) is 36.0 Å². The topological polar surface area (TPSA) is 101 Å². The average molecular weight is 445 g/mol. The van der Waals surface area contributed by atoms with Crippen molar-refractivity contribution in [3.63, 3.8) is 0 Å². The van der Waals surface area contributed by atoms with Crippen LogP contribution < -0.4 is 5.56 Å². The molecule has 0 fully saturated rings. The molecule has 2 aromatic heterocycles. The van der Waals surface area contributed by atoms with Crippen LogP contribution in [0.2, 0.25) is 0 Å². The van der Waals surface area contributed by atoms with Gasteiger partial charge in [-0.25, -0.2) is 14.9 Å². The Morgan fingerprint density at radius 2 is 1.79 bits per heavy atom. The maximum Gasteiger partial charge on any atom is 0.336 e. The molecule has 0 radical (unpaired) electrons. The number of aromatic carboxylic acids is 1. The van der Waals surface area contributed by atoms with E-state index in [1.165, 1.54) is 0 Å². The fourth-order valence-corrected chi connectivity index (χ4v) is 4.07. The van der Waals surface area contributed by atoms with Crippen LogP contribution in [-0.4, -0.2) is 30.8 Å². The van der Waals surface area contributed by atoms with Crippen molar-refractivity contribution in [2.75, 3.05) is 0 Å². The molecule has 0 bridgehead atoms. The number of nitrogens with one attached hydrogen (secondary N) is 1. The van der Waals surface area contributed by atoms with Gasteiger partial charge in [-0.15, -0.1) is 0 Å². The van der Waals surface area contributed by atoms with Crippen LogP contribution in [0.25, 0.3) is 22.2 Å². The van der Waals surface area contributed by atoms with E-state index in [4.69, 9.17) is 4.98 Å². The lowest BCUT2D eigenvalue weighted by molar-refractivity contribution is 0.0697. The fourth-order valence-electron chi connectivity index (χ4n) is 4.07. The largest absolute Gasteiger partial charge is 0.478 e. The maximum absolute atomic E-state index is 12.7. The zero-order chi connectivity index (χ0) is 23.8. The summed E-state index contributed by atoms with van der Waals surface area (Å²) in [7, 11) is 0. The van der Waals surface area contributed by atoms with Gasteiger partial charge in [-0.3, -0.25) is 4.79 Å². The second-order valence-electron chi connectivity index (χ2n) is 9.45. The Labute approximate surface area is 192 Å². The van der Waals surface area contributed by atoms with Crippen LogP contribution >= 0.6 is 0 Å². The van der Waals surface area contributed by atoms with Gasteiger partial charge in [0.25, 0.3) is 5.56 Å². The standard InChI is InChI=1S/C26H28N4O3/c1-5-20-22-23(24(31)29-28-20)30(21(27-22)14-26(2,3)4)15-16-10-12-17(13-11-16)18-8-6-7-9-19(18)25(32)33/h6-13H,5,14-15H2,1-4H3,(H,29,31)(H,32,33). The van der Waals surface area contributed by atoms with Gasteiger partial charge in [-0.1, -0.05) is 70.2 Å². The first-order valence-electron chi connectivity index (χ1n) is 11.1. The Hall–Kier alpha value is -3.74. The molecule has 2 heterocycles. The predicted molar refractivity (Wildman–Crippen MR) is 129 cm³/mol. The van der Waals surface area contributed by atoms with Gasteiger partial charge in [-0.2, -0.15) is 5.10 Å². The lowest BCUT2D eigenvalue weighted by Gasteiger charge is -2.19. The van der Waals surface area contributed by atoms with E-state index in [-0.39, 0.29) is 16.5 Å². The molecule has 2 aromatic carbocycles. The van der Waals surface area contributed by atoms with Gasteiger partial charge in [0, 0.05) is 13.0 Å². The number of rotatable bonds is 6. The van der Waals surface area contributed by atoms with Gasteiger partial charge >= 0.3 is 5.97 Å². The SMILES string of the molecule is CCc1n[nH]c(=O)c2c1nc(CC(C)(C)C)n2Cc1ccc(-c2ccccc2C(=O)O)cc1. The van der Waals surface area contributed by atoms with Gasteiger partial charge in [0.15, 0.2) is 0 Å². The number of fused-ring (bicyclic) bond motifs is 1. The smallest absolute Gasteiger partial charge is 0.336 e. The summed E-state index contributed by atoms with van der Waals surface area (Å²) in [5, 5.41) is 16.3. The molecule has 0 aliphatic carbocycles. The first kappa shape index (κ1) is 22.5. The van der Waals surface area contributed by atoms with E-state index < -0.39 is 5.97 Å². The van der Waals surface area contributed by atoms with Crippen LogP contribution in [0.1, 0.15) is 55.1 Å². The Kier molecular flexibility index (Phi) is 5.89. The van der Waals surface area contributed by atoms with Crippen molar-refractivity contribution in [3.8, 4) is 11.1 Å². The van der Waals surface area contributed by atoms with Crippen molar-refractivity contribution >= 4 is 17.0 Å². The molecule has 0 aliphatic heterocycles. The minimum atomic E-state index is -0.953. The fraction of sp³-hybridized carbons (Fsp3) is 0.308. The Morgan fingerprint density at radius 1 is 1.09 bits per heavy atom. The quantitative estimate of drug-likeness (QED) is 0.450. The number of aryl methyl sites for hydroxylation is 1.